The number of nitrogens with zero attached hydrogens (tertiary/aromatic N) is 1. The van der Waals surface area contributed by atoms with Crippen molar-refractivity contribution < 1.29 is 4.39 Å². The molecule has 0 saturated carbocycles. The first-order chi connectivity index (χ1) is 7.72. The summed E-state index contributed by atoms with van der Waals surface area (Å²) in [7, 11) is 3.92. The molecule has 1 aromatic heterocycles. The number of hydrogen-bond acceptors (Lipinski definition) is 1. The molecule has 1 heterocycles. The first-order valence-corrected chi connectivity index (χ1v) is 5.60. The van der Waals surface area contributed by atoms with Gasteiger partial charge in [0.2, 0.25) is 0 Å². The second-order valence-corrected chi connectivity index (χ2v) is 4.13. The van der Waals surface area contributed by atoms with Crippen LogP contribution in [0.4, 0.5) is 4.39 Å². The van der Waals surface area contributed by atoms with Gasteiger partial charge in [-0.15, -0.1) is 0 Å². The molecule has 86 valence electrons. The van der Waals surface area contributed by atoms with E-state index in [1.807, 2.05) is 24.7 Å². The van der Waals surface area contributed by atoms with Crippen molar-refractivity contribution in [1.29, 1.82) is 0 Å². The Morgan fingerprint density at radius 1 is 1.38 bits per heavy atom. The van der Waals surface area contributed by atoms with Crippen molar-refractivity contribution >= 4 is 10.9 Å². The highest BCUT2D eigenvalue weighted by Gasteiger charge is 2.06. The van der Waals surface area contributed by atoms with Gasteiger partial charge in [-0.1, -0.05) is 0 Å². The van der Waals surface area contributed by atoms with Gasteiger partial charge in [0.1, 0.15) is 5.82 Å². The van der Waals surface area contributed by atoms with Gasteiger partial charge in [0.25, 0.3) is 0 Å². The van der Waals surface area contributed by atoms with E-state index >= 15 is 0 Å². The molecule has 0 aliphatic carbocycles. The van der Waals surface area contributed by atoms with Crippen molar-refractivity contribution in [2.24, 2.45) is 7.05 Å². The fourth-order valence-electron chi connectivity index (χ4n) is 2.10. The van der Waals surface area contributed by atoms with Crippen molar-refractivity contribution in [3.63, 3.8) is 0 Å². The van der Waals surface area contributed by atoms with Gasteiger partial charge in [0, 0.05) is 18.6 Å². The summed E-state index contributed by atoms with van der Waals surface area (Å²) in [5.74, 6) is -0.171. The lowest BCUT2D eigenvalue weighted by Gasteiger charge is -1.99. The maximum atomic E-state index is 13.1. The number of rotatable bonds is 4. The molecule has 2 aromatic rings. The van der Waals surface area contributed by atoms with E-state index in [2.05, 4.69) is 11.5 Å². The number of hydrogen-bond donors (Lipinski definition) is 1. The zero-order valence-corrected chi connectivity index (χ0v) is 9.76. The number of aryl methyl sites for hydroxylation is 2. The highest BCUT2D eigenvalue weighted by atomic mass is 19.1. The molecule has 0 aliphatic heterocycles. The van der Waals surface area contributed by atoms with Crippen molar-refractivity contribution in [3.05, 3.63) is 35.8 Å². The van der Waals surface area contributed by atoms with Crippen molar-refractivity contribution in [2.45, 2.75) is 12.8 Å². The predicted octanol–water partition coefficient (Wildman–Crippen LogP) is 2.47. The molecule has 3 heteroatoms. The molecule has 1 N–H and O–H groups in total. The summed E-state index contributed by atoms with van der Waals surface area (Å²) in [6.45, 7) is 1.01. The van der Waals surface area contributed by atoms with E-state index in [0.29, 0.717) is 0 Å². The summed E-state index contributed by atoms with van der Waals surface area (Å²) < 4.78 is 15.1. The van der Waals surface area contributed by atoms with E-state index in [9.17, 15) is 4.39 Å². The summed E-state index contributed by atoms with van der Waals surface area (Å²) in [6, 6.07) is 5.00. The number of halogens is 1. The van der Waals surface area contributed by atoms with Crippen molar-refractivity contribution in [2.75, 3.05) is 13.6 Å². The van der Waals surface area contributed by atoms with Crippen LogP contribution in [-0.4, -0.2) is 18.2 Å². The summed E-state index contributed by atoms with van der Waals surface area (Å²) in [4.78, 5) is 0. The molecule has 0 atom stereocenters. The minimum Gasteiger partial charge on any atom is -0.350 e. The normalized spacial score (nSPS) is 11.2. The molecule has 2 nitrogen and oxygen atoms in total. The molecule has 1 aromatic carbocycles. The van der Waals surface area contributed by atoms with Gasteiger partial charge < -0.3 is 9.88 Å². The molecule has 0 fully saturated rings. The van der Waals surface area contributed by atoms with Crippen LogP contribution < -0.4 is 5.32 Å². The molecule has 0 unspecified atom stereocenters. The highest BCUT2D eigenvalue weighted by molar-refractivity contribution is 5.84. The smallest absolute Gasteiger partial charge is 0.125 e. The van der Waals surface area contributed by atoms with Gasteiger partial charge in [0.05, 0.1) is 5.52 Å². The van der Waals surface area contributed by atoms with Crippen LogP contribution in [0.5, 0.6) is 0 Å². The van der Waals surface area contributed by atoms with Gasteiger partial charge in [-0.3, -0.25) is 0 Å². The first kappa shape index (κ1) is 11.1. The van der Waals surface area contributed by atoms with E-state index in [0.717, 1.165) is 24.9 Å². The third-order valence-electron chi connectivity index (χ3n) is 2.91. The lowest BCUT2D eigenvalue weighted by molar-refractivity contribution is 0.629. The average molecular weight is 220 g/mol. The molecule has 16 heavy (non-hydrogen) atoms. The Morgan fingerprint density at radius 2 is 2.19 bits per heavy atom. The van der Waals surface area contributed by atoms with E-state index < -0.39 is 0 Å². The number of nitrogens with one attached hydrogen (secondary N) is 1. The highest BCUT2D eigenvalue weighted by Crippen LogP contribution is 2.22. The lowest BCUT2D eigenvalue weighted by Crippen LogP contribution is -2.08. The minimum atomic E-state index is -0.171. The minimum absolute atomic E-state index is 0.171. The fraction of sp³-hybridized carbons (Fsp3) is 0.385. The Bertz CT molecular complexity index is 488. The van der Waals surface area contributed by atoms with Gasteiger partial charge in [-0.25, -0.2) is 4.39 Å². The first-order valence-electron chi connectivity index (χ1n) is 5.60. The Hall–Kier alpha value is -1.35. The maximum absolute atomic E-state index is 13.1. The van der Waals surface area contributed by atoms with Crippen molar-refractivity contribution in [3.8, 4) is 0 Å². The molecule has 0 saturated heterocycles. The summed E-state index contributed by atoms with van der Waals surface area (Å²) in [5, 5.41) is 4.30. The number of benzene rings is 1. The second kappa shape index (κ2) is 4.66. The van der Waals surface area contributed by atoms with Crippen LogP contribution in [0, 0.1) is 5.82 Å². The van der Waals surface area contributed by atoms with Gasteiger partial charge in [-0.05, 0) is 50.2 Å². The largest absolute Gasteiger partial charge is 0.350 e. The van der Waals surface area contributed by atoms with Crippen LogP contribution in [0.1, 0.15) is 12.0 Å². The Kier molecular flexibility index (Phi) is 3.25. The molecule has 2 rings (SSSR count). The van der Waals surface area contributed by atoms with Gasteiger partial charge in [0.15, 0.2) is 0 Å². The number of fused-ring (bicyclic) bond motifs is 1. The van der Waals surface area contributed by atoms with Crippen LogP contribution in [0.25, 0.3) is 10.9 Å². The SMILES string of the molecule is CNCCCc1cn(C)c2cc(F)ccc12. The quantitative estimate of drug-likeness (QED) is 0.783. The average Bonchev–Trinajstić information content (AvgIpc) is 2.56. The van der Waals surface area contributed by atoms with Crippen molar-refractivity contribution in [1.82, 2.24) is 9.88 Å². The molecule has 0 radical (unpaired) electrons. The van der Waals surface area contributed by atoms with Crippen LogP contribution in [0.3, 0.4) is 0 Å². The van der Waals surface area contributed by atoms with E-state index in [-0.39, 0.29) is 5.82 Å². The standard InChI is InChI=1S/C13H17FN2/c1-15-7-3-4-10-9-16(2)13-8-11(14)5-6-12(10)13/h5-6,8-9,15H,3-4,7H2,1-2H3. The molecule has 0 aliphatic rings. The Labute approximate surface area is 95.1 Å². The van der Waals surface area contributed by atoms with Gasteiger partial charge >= 0.3 is 0 Å². The summed E-state index contributed by atoms with van der Waals surface area (Å²) in [5.41, 5.74) is 2.27. The summed E-state index contributed by atoms with van der Waals surface area (Å²) in [6.07, 6.45) is 4.23. The molecular weight excluding hydrogens is 203 g/mol. The fourth-order valence-corrected chi connectivity index (χ4v) is 2.10. The third-order valence-corrected chi connectivity index (χ3v) is 2.91. The predicted molar refractivity (Wildman–Crippen MR) is 65.1 cm³/mol. The van der Waals surface area contributed by atoms with Crippen LogP contribution in [0.2, 0.25) is 0 Å². The van der Waals surface area contributed by atoms with E-state index in [1.165, 1.54) is 17.0 Å². The maximum Gasteiger partial charge on any atom is 0.125 e. The zero-order chi connectivity index (χ0) is 11.5. The molecular formula is C13H17FN2. The van der Waals surface area contributed by atoms with Crippen LogP contribution in [0.15, 0.2) is 24.4 Å². The van der Waals surface area contributed by atoms with Crippen LogP contribution in [-0.2, 0) is 13.5 Å². The summed E-state index contributed by atoms with van der Waals surface area (Å²) >= 11 is 0. The topological polar surface area (TPSA) is 17.0 Å². The molecule has 0 spiro atoms. The molecule has 0 bridgehead atoms. The molecule has 0 amide bonds. The monoisotopic (exact) mass is 220 g/mol. The van der Waals surface area contributed by atoms with Crippen LogP contribution >= 0.6 is 0 Å². The zero-order valence-electron chi connectivity index (χ0n) is 9.76. The van der Waals surface area contributed by atoms with Gasteiger partial charge in [-0.2, -0.15) is 0 Å². The Balaban J connectivity index is 2.32. The van der Waals surface area contributed by atoms with E-state index in [4.69, 9.17) is 0 Å². The third kappa shape index (κ3) is 2.09. The lowest BCUT2D eigenvalue weighted by atomic mass is 10.1. The second-order valence-electron chi connectivity index (χ2n) is 4.13. The number of aromatic nitrogens is 1. The Morgan fingerprint density at radius 3 is 2.94 bits per heavy atom. The van der Waals surface area contributed by atoms with E-state index in [1.54, 1.807) is 6.07 Å².